The summed E-state index contributed by atoms with van der Waals surface area (Å²) in [6, 6.07) is 0. The molecule has 2 fully saturated rings. The summed E-state index contributed by atoms with van der Waals surface area (Å²) in [5, 5.41) is 14.3. The molecule has 3 aliphatic carbocycles. The van der Waals surface area contributed by atoms with Crippen LogP contribution >= 0.6 is 0 Å². The Labute approximate surface area is 119 Å². The molecule has 1 N–H and O–H groups in total. The van der Waals surface area contributed by atoms with Gasteiger partial charge >= 0.3 is 0 Å². The molecule has 0 aliphatic heterocycles. The van der Waals surface area contributed by atoms with Gasteiger partial charge in [0.15, 0.2) is 0 Å². The van der Waals surface area contributed by atoms with Crippen molar-refractivity contribution < 1.29 is 14.7 Å². The number of hydrogen-bond acceptors (Lipinski definition) is 3. The molecule has 0 spiro atoms. The fraction of sp³-hybridized carbons (Fsp3) is 0.750. The highest BCUT2D eigenvalue weighted by Gasteiger charge is 2.48. The predicted octanol–water partition coefficient (Wildman–Crippen LogP) is 0.871. The Hall–Kier alpha value is -1.32. The zero-order valence-electron chi connectivity index (χ0n) is 11.7. The summed E-state index contributed by atoms with van der Waals surface area (Å²) in [7, 11) is 0. The molecule has 20 heavy (non-hydrogen) atoms. The smallest absolute Gasteiger partial charge is 0.224 e. The number of hydrogen-bond donors (Lipinski definition) is 1. The van der Waals surface area contributed by atoms with Crippen LogP contribution in [0.5, 0.6) is 0 Å². The molecule has 3 aliphatic rings. The molecule has 0 heterocycles. The van der Waals surface area contributed by atoms with Crippen molar-refractivity contribution in [2.24, 2.45) is 29.6 Å². The Morgan fingerprint density at radius 2 is 1.70 bits per heavy atom. The molecular weight excluding hydrogens is 254 g/mol. The van der Waals surface area contributed by atoms with E-state index in [9.17, 15) is 14.7 Å². The largest absolute Gasteiger partial charge is 0.550 e. The number of carboxylic acid groups (broad SMARTS) is 1. The minimum absolute atomic E-state index is 0.00423. The first kappa shape index (κ1) is 13.7. The second kappa shape index (κ2) is 5.58. The summed E-state index contributed by atoms with van der Waals surface area (Å²) in [4.78, 5) is 23.6. The number of allylic oxidation sites excluding steroid dienone is 2. The lowest BCUT2D eigenvalue weighted by atomic mass is 9.82. The number of nitrogens with one attached hydrogen (secondary N) is 1. The van der Waals surface area contributed by atoms with Crippen molar-refractivity contribution in [1.29, 1.82) is 0 Å². The van der Waals surface area contributed by atoms with E-state index in [0.29, 0.717) is 12.5 Å². The maximum Gasteiger partial charge on any atom is 0.224 e. The van der Waals surface area contributed by atoms with Gasteiger partial charge in [-0.3, -0.25) is 4.79 Å². The van der Waals surface area contributed by atoms with Crippen LogP contribution < -0.4 is 10.4 Å². The third-order valence-electron chi connectivity index (χ3n) is 5.32. The fourth-order valence-electron chi connectivity index (χ4n) is 4.26. The highest BCUT2D eigenvalue weighted by Crippen LogP contribution is 2.47. The summed E-state index contributed by atoms with van der Waals surface area (Å²) in [6.45, 7) is 0.705. The zero-order chi connectivity index (χ0) is 14.1. The maximum atomic E-state index is 12.4. The molecular formula is C16H22NO3-. The minimum atomic E-state index is -1.07. The Kier molecular flexibility index (Phi) is 3.81. The molecule has 4 atom stereocenters. The molecule has 2 saturated carbocycles. The second-order valence-corrected chi connectivity index (χ2v) is 6.57. The Bertz CT molecular complexity index is 425. The van der Waals surface area contributed by atoms with E-state index in [-0.39, 0.29) is 17.7 Å². The summed E-state index contributed by atoms with van der Waals surface area (Å²) < 4.78 is 0. The lowest BCUT2D eigenvalue weighted by molar-refractivity contribution is -0.313. The first-order chi connectivity index (χ1) is 9.66. The van der Waals surface area contributed by atoms with Crippen molar-refractivity contribution in [3.63, 3.8) is 0 Å². The van der Waals surface area contributed by atoms with E-state index >= 15 is 0 Å². The Morgan fingerprint density at radius 3 is 2.35 bits per heavy atom. The van der Waals surface area contributed by atoms with Crippen molar-refractivity contribution in [1.82, 2.24) is 5.32 Å². The van der Waals surface area contributed by atoms with Gasteiger partial charge in [-0.1, -0.05) is 31.4 Å². The third kappa shape index (κ3) is 2.48. The molecule has 0 unspecified atom stereocenters. The lowest BCUT2D eigenvalue weighted by Crippen LogP contribution is -2.45. The Morgan fingerprint density at radius 1 is 1.05 bits per heavy atom. The second-order valence-electron chi connectivity index (χ2n) is 6.57. The van der Waals surface area contributed by atoms with E-state index < -0.39 is 17.8 Å². The van der Waals surface area contributed by atoms with E-state index in [1.807, 2.05) is 12.2 Å². The number of carbonyl (C=O) groups is 2. The van der Waals surface area contributed by atoms with Gasteiger partial charge in [-0.25, -0.2) is 0 Å². The van der Waals surface area contributed by atoms with Crippen LogP contribution in [0.25, 0.3) is 0 Å². The van der Waals surface area contributed by atoms with E-state index in [4.69, 9.17) is 0 Å². The Balaban J connectivity index is 1.58. The average Bonchev–Trinajstić information content (AvgIpc) is 3.06. The van der Waals surface area contributed by atoms with Gasteiger partial charge < -0.3 is 15.2 Å². The molecule has 2 bridgehead atoms. The van der Waals surface area contributed by atoms with Crippen LogP contribution in [0.2, 0.25) is 0 Å². The fourth-order valence-corrected chi connectivity index (χ4v) is 4.26. The molecule has 0 saturated heterocycles. The van der Waals surface area contributed by atoms with Crippen LogP contribution in [0.3, 0.4) is 0 Å². The van der Waals surface area contributed by atoms with Crippen molar-refractivity contribution in [3.05, 3.63) is 12.2 Å². The van der Waals surface area contributed by atoms with Gasteiger partial charge in [0, 0.05) is 18.4 Å². The molecule has 0 aromatic carbocycles. The van der Waals surface area contributed by atoms with Crippen LogP contribution in [-0.2, 0) is 9.59 Å². The number of aliphatic carboxylic acids is 1. The molecule has 4 heteroatoms. The molecule has 0 aromatic rings. The van der Waals surface area contributed by atoms with Gasteiger partial charge in [-0.05, 0) is 37.0 Å². The summed E-state index contributed by atoms with van der Waals surface area (Å²) in [5.41, 5.74) is 0. The number of fused-ring (bicyclic) bond motifs is 2. The monoisotopic (exact) mass is 276 g/mol. The van der Waals surface area contributed by atoms with Crippen LogP contribution in [0.1, 0.15) is 38.5 Å². The highest BCUT2D eigenvalue weighted by atomic mass is 16.4. The highest BCUT2D eigenvalue weighted by molar-refractivity contribution is 5.86. The minimum Gasteiger partial charge on any atom is -0.550 e. The van der Waals surface area contributed by atoms with Gasteiger partial charge in [-0.15, -0.1) is 0 Å². The van der Waals surface area contributed by atoms with E-state index in [2.05, 4.69) is 5.32 Å². The quantitative estimate of drug-likeness (QED) is 0.775. The first-order valence-electron chi connectivity index (χ1n) is 7.83. The third-order valence-corrected chi connectivity index (χ3v) is 5.32. The van der Waals surface area contributed by atoms with E-state index in [0.717, 1.165) is 6.42 Å². The molecule has 0 aromatic heterocycles. The van der Waals surface area contributed by atoms with Crippen LogP contribution in [0.15, 0.2) is 12.2 Å². The van der Waals surface area contributed by atoms with Crippen LogP contribution in [0.4, 0.5) is 0 Å². The molecule has 110 valence electrons. The van der Waals surface area contributed by atoms with Gasteiger partial charge in [0.25, 0.3) is 0 Å². The normalized spacial score (nSPS) is 36.2. The summed E-state index contributed by atoms with van der Waals surface area (Å²) in [5.74, 6) is -1.54. The van der Waals surface area contributed by atoms with Crippen molar-refractivity contribution in [2.75, 3.05) is 6.54 Å². The number of carboxylic acids is 1. The summed E-state index contributed by atoms with van der Waals surface area (Å²) >= 11 is 0. The van der Waals surface area contributed by atoms with Crippen molar-refractivity contribution >= 4 is 11.9 Å². The van der Waals surface area contributed by atoms with Crippen LogP contribution in [0, 0.1) is 29.6 Å². The topological polar surface area (TPSA) is 69.2 Å². The SMILES string of the molecule is O=C([O-])[C@H]1[C@H](C(=O)NCC2CCCCC2)[C@H]2C=C[C@@H]1C2. The van der Waals surface area contributed by atoms with Gasteiger partial charge in [0.2, 0.25) is 5.91 Å². The zero-order valence-corrected chi connectivity index (χ0v) is 11.7. The molecule has 0 radical (unpaired) electrons. The van der Waals surface area contributed by atoms with Gasteiger partial charge in [0.05, 0.1) is 5.92 Å². The lowest BCUT2D eigenvalue weighted by Gasteiger charge is -2.29. The average molecular weight is 276 g/mol. The number of amides is 1. The predicted molar refractivity (Wildman–Crippen MR) is 72.3 cm³/mol. The van der Waals surface area contributed by atoms with Crippen molar-refractivity contribution in [3.8, 4) is 0 Å². The summed E-state index contributed by atoms with van der Waals surface area (Å²) in [6.07, 6.45) is 10.9. The number of carbonyl (C=O) groups excluding carboxylic acids is 2. The van der Waals surface area contributed by atoms with Crippen LogP contribution in [-0.4, -0.2) is 18.4 Å². The van der Waals surface area contributed by atoms with E-state index in [1.165, 1.54) is 32.1 Å². The number of rotatable bonds is 4. The van der Waals surface area contributed by atoms with Crippen molar-refractivity contribution in [2.45, 2.75) is 38.5 Å². The van der Waals surface area contributed by atoms with Gasteiger partial charge in [0.1, 0.15) is 0 Å². The first-order valence-corrected chi connectivity index (χ1v) is 7.83. The van der Waals surface area contributed by atoms with Gasteiger partial charge in [-0.2, -0.15) is 0 Å². The standard InChI is InChI=1S/C16H23NO3/c18-15(17-9-10-4-2-1-3-5-10)13-11-6-7-12(8-11)14(13)16(19)20/h6-7,10-14H,1-5,8-9H2,(H,17,18)(H,19,20)/p-1/t11-,12+,13+,14+/m0/s1. The maximum absolute atomic E-state index is 12.4. The van der Waals surface area contributed by atoms with E-state index in [1.54, 1.807) is 0 Å². The molecule has 1 amide bonds. The molecule has 4 nitrogen and oxygen atoms in total. The molecule has 3 rings (SSSR count).